The van der Waals surface area contributed by atoms with Crippen LogP contribution in [-0.4, -0.2) is 19.0 Å². The molecule has 2 rings (SSSR count). The Bertz CT molecular complexity index is 206. The van der Waals surface area contributed by atoms with E-state index in [1.807, 2.05) is 0 Å². The van der Waals surface area contributed by atoms with Gasteiger partial charge in [0, 0.05) is 5.57 Å². The first-order valence-electron chi connectivity index (χ1n) is 4.20. The molecule has 0 N–H and O–H groups in total. The Morgan fingerprint density at radius 1 is 1.45 bits per heavy atom. The summed E-state index contributed by atoms with van der Waals surface area (Å²) in [7, 11) is 0. The Kier molecular flexibility index (Phi) is 1.78. The first kappa shape index (κ1) is 7.04. The van der Waals surface area contributed by atoms with Gasteiger partial charge in [0.05, 0.1) is 12.7 Å². The molecule has 0 bridgehead atoms. The summed E-state index contributed by atoms with van der Waals surface area (Å²) < 4.78 is 5.46. The zero-order chi connectivity index (χ0) is 7.68. The normalized spacial score (nSPS) is 30.4. The van der Waals surface area contributed by atoms with Crippen molar-refractivity contribution in [2.75, 3.05) is 6.61 Å². The van der Waals surface area contributed by atoms with E-state index in [-0.39, 0.29) is 0 Å². The lowest BCUT2D eigenvalue weighted by atomic mass is 9.91. The van der Waals surface area contributed by atoms with Crippen LogP contribution in [0.25, 0.3) is 0 Å². The lowest BCUT2D eigenvalue weighted by Gasteiger charge is -2.19. The number of hydrogen-bond acceptors (Lipinski definition) is 2. The van der Waals surface area contributed by atoms with Crippen molar-refractivity contribution in [3.8, 4) is 0 Å². The van der Waals surface area contributed by atoms with E-state index < -0.39 is 0 Å². The molecule has 1 aliphatic carbocycles. The molecule has 1 aliphatic heterocycles. The second-order valence-electron chi connectivity index (χ2n) is 3.21. The van der Waals surface area contributed by atoms with Crippen LogP contribution >= 0.6 is 0 Å². The van der Waals surface area contributed by atoms with Gasteiger partial charge in [0.1, 0.15) is 6.29 Å². The van der Waals surface area contributed by atoms with Gasteiger partial charge in [-0.2, -0.15) is 0 Å². The molecule has 0 unspecified atom stereocenters. The summed E-state index contributed by atoms with van der Waals surface area (Å²) in [5.74, 6) is 0. The summed E-state index contributed by atoms with van der Waals surface area (Å²) in [6, 6.07) is 0. The van der Waals surface area contributed by atoms with Gasteiger partial charge >= 0.3 is 0 Å². The monoisotopic (exact) mass is 152 g/mol. The molecule has 0 aromatic carbocycles. The Labute approximate surface area is 66.2 Å². The molecular weight excluding hydrogens is 140 g/mol. The molecule has 1 saturated carbocycles. The second-order valence-corrected chi connectivity index (χ2v) is 3.21. The molecule has 1 heterocycles. The maximum absolute atomic E-state index is 10.5. The molecule has 60 valence electrons. The smallest absolute Gasteiger partial charge is 0.148 e. The molecule has 0 saturated heterocycles. The first-order valence-corrected chi connectivity index (χ1v) is 4.20. The minimum absolute atomic E-state index is 0.295. The molecule has 0 aromatic rings. The summed E-state index contributed by atoms with van der Waals surface area (Å²) in [4.78, 5) is 10.5. The molecule has 0 radical (unpaired) electrons. The molecule has 11 heavy (non-hydrogen) atoms. The van der Waals surface area contributed by atoms with Crippen LogP contribution in [-0.2, 0) is 9.53 Å². The van der Waals surface area contributed by atoms with E-state index in [0.29, 0.717) is 12.7 Å². The third-order valence-corrected chi connectivity index (χ3v) is 2.55. The zero-order valence-electron chi connectivity index (χ0n) is 6.51. The fourth-order valence-corrected chi connectivity index (χ4v) is 1.92. The fourth-order valence-electron chi connectivity index (χ4n) is 1.92. The van der Waals surface area contributed by atoms with Gasteiger partial charge in [0.15, 0.2) is 0 Å². The standard InChI is InChI=1S/C9H12O2/c10-5-7-6-11-9-4-2-1-3-8(7)9/h5,9H,1-4,6H2/t9-/m0/s1. The number of aldehydes is 1. The van der Waals surface area contributed by atoms with Crippen molar-refractivity contribution in [1.29, 1.82) is 0 Å². The lowest BCUT2D eigenvalue weighted by molar-refractivity contribution is -0.105. The number of hydrogen-bond donors (Lipinski definition) is 0. The van der Waals surface area contributed by atoms with Crippen LogP contribution in [0.3, 0.4) is 0 Å². The van der Waals surface area contributed by atoms with E-state index in [9.17, 15) is 4.79 Å². The number of carbonyl (C=O) groups is 1. The van der Waals surface area contributed by atoms with E-state index in [2.05, 4.69) is 0 Å². The highest BCUT2D eigenvalue weighted by Gasteiger charge is 2.27. The summed E-state index contributed by atoms with van der Waals surface area (Å²) in [6.45, 7) is 0.559. The van der Waals surface area contributed by atoms with Gasteiger partial charge < -0.3 is 4.74 Å². The Hall–Kier alpha value is -0.630. The average molecular weight is 152 g/mol. The summed E-state index contributed by atoms with van der Waals surface area (Å²) in [6.07, 6.45) is 5.93. The van der Waals surface area contributed by atoms with Crippen LogP contribution in [0.4, 0.5) is 0 Å². The van der Waals surface area contributed by atoms with Crippen LogP contribution in [0.15, 0.2) is 11.1 Å². The molecule has 2 aliphatic rings. The third kappa shape index (κ3) is 1.11. The maximum Gasteiger partial charge on any atom is 0.148 e. The van der Waals surface area contributed by atoms with Crippen molar-refractivity contribution in [1.82, 2.24) is 0 Å². The zero-order valence-corrected chi connectivity index (χ0v) is 6.51. The van der Waals surface area contributed by atoms with Crippen LogP contribution in [0, 0.1) is 0 Å². The number of carbonyl (C=O) groups excluding carboxylic acids is 1. The van der Waals surface area contributed by atoms with Crippen LogP contribution in [0.2, 0.25) is 0 Å². The molecule has 0 spiro atoms. The van der Waals surface area contributed by atoms with Crippen molar-refractivity contribution >= 4 is 6.29 Å². The fraction of sp³-hybridized carbons (Fsp3) is 0.667. The van der Waals surface area contributed by atoms with Gasteiger partial charge in [0.25, 0.3) is 0 Å². The molecule has 2 nitrogen and oxygen atoms in total. The highest BCUT2D eigenvalue weighted by atomic mass is 16.5. The molecule has 2 heteroatoms. The number of fused-ring (bicyclic) bond motifs is 1. The van der Waals surface area contributed by atoms with Crippen molar-refractivity contribution in [3.63, 3.8) is 0 Å². The van der Waals surface area contributed by atoms with Crippen LogP contribution in [0.5, 0.6) is 0 Å². The van der Waals surface area contributed by atoms with Gasteiger partial charge in [-0.3, -0.25) is 4.79 Å². The average Bonchev–Trinajstić information content (AvgIpc) is 2.47. The number of ether oxygens (including phenoxy) is 1. The van der Waals surface area contributed by atoms with E-state index in [1.165, 1.54) is 18.4 Å². The Balaban J connectivity index is 2.22. The van der Waals surface area contributed by atoms with Crippen molar-refractivity contribution in [3.05, 3.63) is 11.1 Å². The predicted octanol–water partition coefficient (Wildman–Crippen LogP) is 1.45. The largest absolute Gasteiger partial charge is 0.369 e. The summed E-state index contributed by atoms with van der Waals surface area (Å²) in [5.41, 5.74) is 2.20. The quantitative estimate of drug-likeness (QED) is 0.532. The molecule has 1 atom stereocenters. The van der Waals surface area contributed by atoms with E-state index in [0.717, 1.165) is 24.7 Å². The van der Waals surface area contributed by atoms with Gasteiger partial charge in [-0.1, -0.05) is 6.42 Å². The minimum Gasteiger partial charge on any atom is -0.369 e. The molecule has 0 aromatic heterocycles. The minimum atomic E-state index is 0.295. The van der Waals surface area contributed by atoms with Crippen molar-refractivity contribution < 1.29 is 9.53 Å². The van der Waals surface area contributed by atoms with Gasteiger partial charge in [-0.25, -0.2) is 0 Å². The van der Waals surface area contributed by atoms with E-state index in [4.69, 9.17) is 4.74 Å². The molecule has 1 fully saturated rings. The summed E-state index contributed by atoms with van der Waals surface area (Å²) in [5, 5.41) is 0. The van der Waals surface area contributed by atoms with Crippen molar-refractivity contribution in [2.24, 2.45) is 0 Å². The topological polar surface area (TPSA) is 26.3 Å². The van der Waals surface area contributed by atoms with Crippen LogP contribution in [0.1, 0.15) is 25.7 Å². The number of rotatable bonds is 1. The predicted molar refractivity (Wildman–Crippen MR) is 41.3 cm³/mol. The molecule has 0 amide bonds. The highest BCUT2D eigenvalue weighted by molar-refractivity contribution is 5.76. The highest BCUT2D eigenvalue weighted by Crippen LogP contribution is 2.32. The SMILES string of the molecule is O=CC1=C2CCCC[C@@H]2OC1. The maximum atomic E-state index is 10.5. The molecular formula is C9H12O2. The van der Waals surface area contributed by atoms with Crippen LogP contribution < -0.4 is 0 Å². The van der Waals surface area contributed by atoms with Gasteiger partial charge in [-0.15, -0.1) is 0 Å². The summed E-state index contributed by atoms with van der Waals surface area (Å²) >= 11 is 0. The van der Waals surface area contributed by atoms with E-state index in [1.54, 1.807) is 0 Å². The Morgan fingerprint density at radius 3 is 3.18 bits per heavy atom. The van der Waals surface area contributed by atoms with Gasteiger partial charge in [0.2, 0.25) is 0 Å². The van der Waals surface area contributed by atoms with E-state index >= 15 is 0 Å². The first-order chi connectivity index (χ1) is 5.42. The second kappa shape index (κ2) is 2.78. The van der Waals surface area contributed by atoms with Crippen molar-refractivity contribution in [2.45, 2.75) is 31.8 Å². The van der Waals surface area contributed by atoms with Gasteiger partial charge in [-0.05, 0) is 24.8 Å². The lowest BCUT2D eigenvalue weighted by Crippen LogP contribution is -2.14. The third-order valence-electron chi connectivity index (χ3n) is 2.55. The Morgan fingerprint density at radius 2 is 2.36 bits per heavy atom.